The van der Waals surface area contributed by atoms with Gasteiger partial charge in [-0.2, -0.15) is 0 Å². The van der Waals surface area contributed by atoms with E-state index in [2.05, 4.69) is 184 Å². The van der Waals surface area contributed by atoms with E-state index in [1.807, 2.05) is 30.3 Å². The third-order valence-corrected chi connectivity index (χ3v) is 11.1. The Labute approximate surface area is 344 Å². The Hall–Kier alpha value is -7.56. The number of hydrogen-bond donors (Lipinski definition) is 0. The van der Waals surface area contributed by atoms with Crippen LogP contribution >= 0.6 is 0 Å². The molecule has 0 aliphatic carbocycles. The molecule has 10 aromatic rings. The first-order chi connectivity index (χ1) is 29.0. The smallest absolute Gasteiger partial charge is 0.160 e. The molecular formula is C55H40N4. The fourth-order valence-corrected chi connectivity index (χ4v) is 7.91. The lowest BCUT2D eigenvalue weighted by Gasteiger charge is -2.14. The summed E-state index contributed by atoms with van der Waals surface area (Å²) in [6.45, 7) is 4.49. The molecule has 0 radical (unpaired) electrons. The van der Waals surface area contributed by atoms with Gasteiger partial charge in [0.25, 0.3) is 0 Å². The fourth-order valence-electron chi connectivity index (χ4n) is 7.91. The summed E-state index contributed by atoms with van der Waals surface area (Å²) in [6, 6.07) is 70.0. The molecule has 280 valence electrons. The van der Waals surface area contributed by atoms with Gasteiger partial charge in [0.1, 0.15) is 0 Å². The average Bonchev–Trinajstić information content (AvgIpc) is 3.31. The van der Waals surface area contributed by atoms with E-state index in [1.165, 1.54) is 16.7 Å². The van der Waals surface area contributed by atoms with Crippen LogP contribution in [0, 0.1) is 0 Å². The predicted molar refractivity (Wildman–Crippen MR) is 245 cm³/mol. The monoisotopic (exact) mass is 756 g/mol. The third-order valence-electron chi connectivity index (χ3n) is 11.1. The molecule has 0 spiro atoms. The van der Waals surface area contributed by atoms with Gasteiger partial charge >= 0.3 is 0 Å². The molecule has 4 nitrogen and oxygen atoms in total. The van der Waals surface area contributed by atoms with Crippen LogP contribution in [0.15, 0.2) is 200 Å². The Balaban J connectivity index is 0.994. The van der Waals surface area contributed by atoms with Crippen LogP contribution in [0.4, 0.5) is 0 Å². The van der Waals surface area contributed by atoms with Gasteiger partial charge in [-0.05, 0) is 58.0 Å². The van der Waals surface area contributed by atoms with Crippen molar-refractivity contribution in [1.82, 2.24) is 19.9 Å². The third kappa shape index (κ3) is 7.17. The number of fused-ring (bicyclic) bond motifs is 3. The molecule has 0 N–H and O–H groups in total. The number of nitrogens with zero attached hydrogens (tertiary/aromatic N) is 4. The largest absolute Gasteiger partial charge is 0.245 e. The molecule has 3 heterocycles. The topological polar surface area (TPSA) is 51.6 Å². The minimum atomic E-state index is 0.339. The van der Waals surface area contributed by atoms with Crippen LogP contribution in [-0.2, 0) is 0 Å². The zero-order valence-electron chi connectivity index (χ0n) is 32.9. The number of hydrogen-bond acceptors (Lipinski definition) is 4. The molecular weight excluding hydrogens is 717 g/mol. The van der Waals surface area contributed by atoms with E-state index in [9.17, 15) is 0 Å². The van der Waals surface area contributed by atoms with Gasteiger partial charge in [0.05, 0.1) is 33.8 Å². The van der Waals surface area contributed by atoms with Gasteiger partial charge in [0, 0.05) is 38.6 Å². The standard InChI is InChI=1S/C55H40N4/c1-36(2)48-34-50(40-15-8-4-9-16-40)57-54-47(48)31-29-43-30-32-49(56-53(43)54)46-20-12-19-45(33-46)39-23-27-42(28-24-39)52-35-51(58-55(59-52)44-17-10-5-11-18-44)41-25-21-38(22-26-41)37-13-6-3-7-14-37/h3-36H,1-2H3. The minimum absolute atomic E-state index is 0.339. The zero-order chi connectivity index (χ0) is 39.7. The van der Waals surface area contributed by atoms with Gasteiger partial charge < -0.3 is 0 Å². The number of pyridine rings is 2. The second-order valence-corrected chi connectivity index (χ2v) is 15.3. The molecule has 7 aromatic carbocycles. The van der Waals surface area contributed by atoms with Gasteiger partial charge in [0.15, 0.2) is 5.82 Å². The normalized spacial score (nSPS) is 11.4. The van der Waals surface area contributed by atoms with Crippen LogP contribution < -0.4 is 0 Å². The highest BCUT2D eigenvalue weighted by Gasteiger charge is 2.16. The Morgan fingerprint density at radius 3 is 1.39 bits per heavy atom. The molecule has 10 rings (SSSR count). The summed E-state index contributed by atoms with van der Waals surface area (Å²) < 4.78 is 0. The van der Waals surface area contributed by atoms with Gasteiger partial charge in [-0.1, -0.05) is 190 Å². The lowest BCUT2D eigenvalue weighted by atomic mass is 9.95. The van der Waals surface area contributed by atoms with Crippen molar-refractivity contribution in [1.29, 1.82) is 0 Å². The van der Waals surface area contributed by atoms with Crippen molar-refractivity contribution in [3.63, 3.8) is 0 Å². The Bertz CT molecular complexity index is 3090. The summed E-state index contributed by atoms with van der Waals surface area (Å²) in [5, 5.41) is 2.23. The Morgan fingerprint density at radius 2 is 0.763 bits per heavy atom. The maximum absolute atomic E-state index is 5.31. The van der Waals surface area contributed by atoms with Crippen LogP contribution in [0.25, 0.3) is 100 Å². The van der Waals surface area contributed by atoms with Crippen molar-refractivity contribution in [2.75, 3.05) is 0 Å². The molecule has 0 fully saturated rings. The van der Waals surface area contributed by atoms with Crippen molar-refractivity contribution < 1.29 is 0 Å². The van der Waals surface area contributed by atoms with E-state index in [0.29, 0.717) is 11.7 Å². The van der Waals surface area contributed by atoms with Crippen LogP contribution in [0.5, 0.6) is 0 Å². The highest BCUT2D eigenvalue weighted by atomic mass is 14.9. The molecule has 59 heavy (non-hydrogen) atoms. The van der Waals surface area contributed by atoms with Gasteiger partial charge in [-0.3, -0.25) is 0 Å². The van der Waals surface area contributed by atoms with E-state index in [-0.39, 0.29) is 0 Å². The molecule has 0 bridgehead atoms. The predicted octanol–water partition coefficient (Wildman–Crippen LogP) is 14.4. The summed E-state index contributed by atoms with van der Waals surface area (Å²) in [7, 11) is 0. The maximum atomic E-state index is 5.31. The van der Waals surface area contributed by atoms with Crippen LogP contribution in [-0.4, -0.2) is 19.9 Å². The van der Waals surface area contributed by atoms with Crippen LogP contribution in [0.2, 0.25) is 0 Å². The van der Waals surface area contributed by atoms with Crippen molar-refractivity contribution >= 4 is 21.8 Å². The molecule has 0 aliphatic rings. The number of benzene rings is 7. The first-order valence-electron chi connectivity index (χ1n) is 20.2. The number of aromatic nitrogens is 4. The first-order valence-corrected chi connectivity index (χ1v) is 20.2. The fraction of sp³-hybridized carbons (Fsp3) is 0.0545. The second kappa shape index (κ2) is 15.4. The Morgan fingerprint density at radius 1 is 0.305 bits per heavy atom. The molecule has 0 aliphatic heterocycles. The first kappa shape index (κ1) is 35.8. The minimum Gasteiger partial charge on any atom is -0.245 e. The van der Waals surface area contributed by atoms with Crippen LogP contribution in [0.1, 0.15) is 25.3 Å². The van der Waals surface area contributed by atoms with E-state index < -0.39 is 0 Å². The zero-order valence-corrected chi connectivity index (χ0v) is 32.9. The number of rotatable bonds is 8. The quantitative estimate of drug-likeness (QED) is 0.145. The molecule has 0 atom stereocenters. The summed E-state index contributed by atoms with van der Waals surface area (Å²) >= 11 is 0. The highest BCUT2D eigenvalue weighted by molar-refractivity contribution is 6.05. The van der Waals surface area contributed by atoms with Crippen molar-refractivity contribution in [3.05, 3.63) is 206 Å². The summed E-state index contributed by atoms with van der Waals surface area (Å²) in [5.74, 6) is 1.04. The summed E-state index contributed by atoms with van der Waals surface area (Å²) in [5.41, 5.74) is 16.6. The highest BCUT2D eigenvalue weighted by Crippen LogP contribution is 2.36. The molecule has 0 amide bonds. The molecule has 3 aromatic heterocycles. The van der Waals surface area contributed by atoms with Gasteiger partial charge in [-0.15, -0.1) is 0 Å². The molecule has 0 saturated heterocycles. The SMILES string of the molecule is CC(C)c1cc(-c2ccccc2)nc2c1ccc1ccc(-c3cccc(-c4ccc(-c5cc(-c6ccc(-c7ccccc7)cc6)nc(-c6ccccc6)n5)cc4)c3)nc12. The van der Waals surface area contributed by atoms with E-state index >= 15 is 0 Å². The second-order valence-electron chi connectivity index (χ2n) is 15.3. The molecule has 0 unspecified atom stereocenters. The van der Waals surface area contributed by atoms with Crippen molar-refractivity contribution in [2.24, 2.45) is 0 Å². The van der Waals surface area contributed by atoms with Gasteiger partial charge in [0.2, 0.25) is 0 Å². The van der Waals surface area contributed by atoms with E-state index in [4.69, 9.17) is 19.9 Å². The summed E-state index contributed by atoms with van der Waals surface area (Å²) in [4.78, 5) is 20.7. The maximum Gasteiger partial charge on any atom is 0.160 e. The lowest BCUT2D eigenvalue weighted by Crippen LogP contribution is -1.97. The molecule has 4 heteroatoms. The van der Waals surface area contributed by atoms with Crippen molar-refractivity contribution in [3.8, 4) is 78.7 Å². The van der Waals surface area contributed by atoms with Gasteiger partial charge in [-0.25, -0.2) is 19.9 Å². The van der Waals surface area contributed by atoms with Crippen LogP contribution in [0.3, 0.4) is 0 Å². The lowest BCUT2D eigenvalue weighted by molar-refractivity contribution is 0.875. The van der Waals surface area contributed by atoms with Crippen molar-refractivity contribution in [2.45, 2.75) is 19.8 Å². The molecule has 0 saturated carbocycles. The summed E-state index contributed by atoms with van der Waals surface area (Å²) in [6.07, 6.45) is 0. The van der Waals surface area contributed by atoms with E-state index in [0.717, 1.165) is 83.5 Å². The van der Waals surface area contributed by atoms with E-state index in [1.54, 1.807) is 0 Å². The Kier molecular flexibility index (Phi) is 9.36. The average molecular weight is 757 g/mol.